The molecule has 0 aliphatic heterocycles. The van der Waals surface area contributed by atoms with Crippen molar-refractivity contribution in [2.75, 3.05) is 11.9 Å². The Morgan fingerprint density at radius 3 is 2.93 bits per heavy atom. The highest BCUT2D eigenvalue weighted by Gasteiger charge is 2.23. The summed E-state index contributed by atoms with van der Waals surface area (Å²) in [5, 5.41) is 15.8. The van der Waals surface area contributed by atoms with Gasteiger partial charge in [0, 0.05) is 11.4 Å². The van der Waals surface area contributed by atoms with Gasteiger partial charge in [-0.1, -0.05) is 23.1 Å². The maximum Gasteiger partial charge on any atom is 0.413 e. The van der Waals surface area contributed by atoms with E-state index in [2.05, 4.69) is 15.5 Å². The van der Waals surface area contributed by atoms with Gasteiger partial charge in [-0.05, 0) is 56.0 Å². The average Bonchev–Trinajstić information content (AvgIpc) is 3.38. The van der Waals surface area contributed by atoms with Crippen LogP contribution in [0.1, 0.15) is 30.3 Å². The number of anilines is 1. The lowest BCUT2D eigenvalue weighted by Gasteiger charge is -2.05. The molecule has 0 radical (unpaired) electrons. The molecule has 4 rings (SSSR count). The molecule has 0 spiro atoms. The maximum absolute atomic E-state index is 13.2. The van der Waals surface area contributed by atoms with E-state index in [4.69, 9.17) is 9.84 Å². The third-order valence-corrected chi connectivity index (χ3v) is 6.29. The number of aromatic nitrogens is 4. The van der Waals surface area contributed by atoms with Gasteiger partial charge in [0.2, 0.25) is 5.13 Å². The Balaban J connectivity index is 1.47. The topological polar surface area (TPSA) is 81.9 Å². The number of ether oxygens (including phenoxy) is 1. The van der Waals surface area contributed by atoms with Crippen molar-refractivity contribution in [3.05, 3.63) is 47.0 Å². The molecule has 0 unspecified atom stereocenters. The van der Waals surface area contributed by atoms with E-state index < -0.39 is 6.09 Å². The summed E-state index contributed by atoms with van der Waals surface area (Å²) in [6, 6.07) is 6.39. The van der Waals surface area contributed by atoms with Crippen LogP contribution in [-0.2, 0) is 23.3 Å². The molecule has 0 fully saturated rings. The number of fused-ring (bicyclic) bond motifs is 1. The van der Waals surface area contributed by atoms with E-state index in [0.29, 0.717) is 17.5 Å². The highest BCUT2D eigenvalue weighted by Crippen LogP contribution is 2.33. The highest BCUT2D eigenvalue weighted by atomic mass is 32.2. The van der Waals surface area contributed by atoms with Gasteiger partial charge in [-0.2, -0.15) is 5.10 Å². The molecule has 0 saturated carbocycles. The minimum Gasteiger partial charge on any atom is -0.450 e. The number of carbonyl (C=O) groups is 1. The number of rotatable bonds is 6. The van der Waals surface area contributed by atoms with Crippen LogP contribution in [0.3, 0.4) is 0 Å². The van der Waals surface area contributed by atoms with Crippen LogP contribution in [0.5, 0.6) is 0 Å². The van der Waals surface area contributed by atoms with E-state index in [-0.39, 0.29) is 5.82 Å². The molecule has 0 saturated heterocycles. The fourth-order valence-corrected chi connectivity index (χ4v) is 4.83. The molecule has 28 heavy (non-hydrogen) atoms. The van der Waals surface area contributed by atoms with Gasteiger partial charge in [0.1, 0.15) is 5.82 Å². The largest absolute Gasteiger partial charge is 0.450 e. The molecule has 146 valence electrons. The third-order valence-electron chi connectivity index (χ3n) is 4.31. The van der Waals surface area contributed by atoms with Crippen molar-refractivity contribution < 1.29 is 13.9 Å². The maximum atomic E-state index is 13.2. The van der Waals surface area contributed by atoms with E-state index in [1.165, 1.54) is 46.5 Å². The van der Waals surface area contributed by atoms with Crippen LogP contribution in [0, 0.1) is 5.82 Å². The normalized spacial score (nSPS) is 12.8. The van der Waals surface area contributed by atoms with E-state index in [1.54, 1.807) is 19.1 Å². The summed E-state index contributed by atoms with van der Waals surface area (Å²) in [5.74, 6) is 0.400. The number of nitrogens with zero attached hydrogens (tertiary/aromatic N) is 4. The van der Waals surface area contributed by atoms with Crippen molar-refractivity contribution in [3.8, 4) is 5.69 Å². The van der Waals surface area contributed by atoms with Gasteiger partial charge in [-0.25, -0.2) is 13.9 Å². The van der Waals surface area contributed by atoms with Gasteiger partial charge >= 0.3 is 6.09 Å². The summed E-state index contributed by atoms with van der Waals surface area (Å²) >= 11 is 2.83. The molecular formula is C18H18FN5O2S2. The molecule has 7 nitrogen and oxygen atoms in total. The molecule has 1 aliphatic rings. The van der Waals surface area contributed by atoms with Gasteiger partial charge < -0.3 is 4.74 Å². The number of amides is 1. The molecule has 2 heterocycles. The van der Waals surface area contributed by atoms with Crippen LogP contribution in [0.15, 0.2) is 28.6 Å². The summed E-state index contributed by atoms with van der Waals surface area (Å²) in [5.41, 5.74) is 4.35. The minimum atomic E-state index is -0.536. The number of halogens is 1. The molecule has 0 atom stereocenters. The quantitative estimate of drug-likeness (QED) is 0.476. The van der Waals surface area contributed by atoms with Crippen LogP contribution in [0.2, 0.25) is 0 Å². The standard InChI is InChI=1S/C18H18FN5O2S2/c1-2-26-17(25)20-16-21-22-18(28-16)27-10-14-13-4-3-5-15(13)24(23-14)12-8-6-11(19)7-9-12/h6-9H,2-5,10H2,1H3,(H,20,21,25). The Labute approximate surface area is 169 Å². The summed E-state index contributed by atoms with van der Waals surface area (Å²) in [6.45, 7) is 2.04. The van der Waals surface area contributed by atoms with E-state index in [1.807, 2.05) is 4.68 Å². The van der Waals surface area contributed by atoms with E-state index >= 15 is 0 Å². The fourth-order valence-electron chi connectivity index (χ4n) is 3.13. The Bertz CT molecular complexity index is 987. The highest BCUT2D eigenvalue weighted by molar-refractivity contribution is 8.00. The molecule has 1 N–H and O–H groups in total. The first kappa shape index (κ1) is 18.9. The summed E-state index contributed by atoms with van der Waals surface area (Å²) < 4.78 is 20.7. The third kappa shape index (κ3) is 4.02. The minimum absolute atomic E-state index is 0.258. The molecule has 0 bridgehead atoms. The summed E-state index contributed by atoms with van der Waals surface area (Å²) in [4.78, 5) is 11.5. The zero-order valence-corrected chi connectivity index (χ0v) is 16.8. The van der Waals surface area contributed by atoms with Gasteiger partial charge in [-0.15, -0.1) is 10.2 Å². The number of carbonyl (C=O) groups excluding carboxylic acids is 1. The lowest BCUT2D eigenvalue weighted by Crippen LogP contribution is -2.12. The van der Waals surface area contributed by atoms with Crippen LogP contribution >= 0.6 is 23.1 Å². The van der Waals surface area contributed by atoms with Crippen LogP contribution in [0.4, 0.5) is 14.3 Å². The second kappa shape index (κ2) is 8.27. The number of benzene rings is 1. The predicted molar refractivity (Wildman–Crippen MR) is 106 cm³/mol. The zero-order valence-electron chi connectivity index (χ0n) is 15.1. The Morgan fingerprint density at radius 2 is 2.14 bits per heavy atom. The van der Waals surface area contributed by atoms with E-state index in [9.17, 15) is 9.18 Å². The molecule has 1 amide bonds. The first-order valence-corrected chi connectivity index (χ1v) is 10.7. The Kier molecular flexibility index (Phi) is 5.58. The van der Waals surface area contributed by atoms with Crippen molar-refractivity contribution in [1.29, 1.82) is 0 Å². The lowest BCUT2D eigenvalue weighted by molar-refractivity contribution is 0.168. The number of nitrogens with one attached hydrogen (secondary N) is 1. The van der Waals surface area contributed by atoms with Crippen molar-refractivity contribution in [3.63, 3.8) is 0 Å². The molecule has 3 aromatic rings. The number of hydrogen-bond donors (Lipinski definition) is 1. The van der Waals surface area contributed by atoms with Gasteiger partial charge in [0.15, 0.2) is 4.34 Å². The average molecular weight is 420 g/mol. The Morgan fingerprint density at radius 1 is 1.32 bits per heavy atom. The first-order chi connectivity index (χ1) is 13.6. The number of hydrogen-bond acceptors (Lipinski definition) is 7. The monoisotopic (exact) mass is 419 g/mol. The van der Waals surface area contributed by atoms with Crippen LogP contribution in [0.25, 0.3) is 5.69 Å². The van der Waals surface area contributed by atoms with Gasteiger partial charge in [0.25, 0.3) is 0 Å². The van der Waals surface area contributed by atoms with E-state index in [0.717, 1.165) is 35.0 Å². The van der Waals surface area contributed by atoms with Crippen LogP contribution < -0.4 is 5.32 Å². The summed E-state index contributed by atoms with van der Waals surface area (Å²) in [7, 11) is 0. The molecule has 1 aliphatic carbocycles. The first-order valence-electron chi connectivity index (χ1n) is 8.89. The second-order valence-corrected chi connectivity index (χ2v) is 8.32. The smallest absolute Gasteiger partial charge is 0.413 e. The van der Waals surface area contributed by atoms with Crippen molar-refractivity contribution in [2.45, 2.75) is 36.3 Å². The number of thioether (sulfide) groups is 1. The zero-order chi connectivity index (χ0) is 19.5. The molecule has 2 aromatic heterocycles. The van der Waals surface area contributed by atoms with Crippen molar-refractivity contribution in [2.24, 2.45) is 0 Å². The molecular weight excluding hydrogens is 401 g/mol. The summed E-state index contributed by atoms with van der Waals surface area (Å²) in [6.07, 6.45) is 2.53. The molecule has 10 heteroatoms. The predicted octanol–water partition coefficient (Wildman–Crippen LogP) is 4.21. The fraction of sp³-hybridized carbons (Fsp3) is 0.333. The van der Waals surface area contributed by atoms with Crippen molar-refractivity contribution in [1.82, 2.24) is 20.0 Å². The SMILES string of the molecule is CCOC(=O)Nc1nnc(SCc2nn(-c3ccc(F)cc3)c3c2CCC3)s1. The second-order valence-electron chi connectivity index (χ2n) is 6.12. The van der Waals surface area contributed by atoms with Crippen molar-refractivity contribution >= 4 is 34.3 Å². The van der Waals surface area contributed by atoms with Crippen LogP contribution in [-0.4, -0.2) is 32.7 Å². The van der Waals surface area contributed by atoms with Gasteiger partial charge in [0.05, 0.1) is 18.0 Å². The lowest BCUT2D eigenvalue weighted by atomic mass is 10.2. The Hall–Kier alpha value is -2.46. The van der Waals surface area contributed by atoms with Gasteiger partial charge in [-0.3, -0.25) is 5.32 Å². The molecule has 1 aromatic carbocycles.